The van der Waals surface area contributed by atoms with E-state index >= 15 is 0 Å². The van der Waals surface area contributed by atoms with Crippen molar-refractivity contribution in [1.29, 1.82) is 0 Å². The summed E-state index contributed by atoms with van der Waals surface area (Å²) in [5, 5.41) is 9.50. The fourth-order valence-electron chi connectivity index (χ4n) is 2.05. The molecule has 2 unspecified atom stereocenters. The largest absolute Gasteiger partial charge is 0.391 e. The van der Waals surface area contributed by atoms with Crippen molar-refractivity contribution in [2.75, 3.05) is 6.54 Å². The van der Waals surface area contributed by atoms with Crippen LogP contribution in [-0.2, 0) is 4.79 Å². The van der Waals surface area contributed by atoms with Gasteiger partial charge in [-0.15, -0.1) is 0 Å². The number of aromatic nitrogens is 1. The number of hydrogen-bond acceptors (Lipinski definition) is 4. The summed E-state index contributed by atoms with van der Waals surface area (Å²) in [6.07, 6.45) is 0.708. The van der Waals surface area contributed by atoms with Gasteiger partial charge in [0.15, 0.2) is 0 Å². The number of carbonyl (C=O) groups excluding carboxylic acids is 2. The van der Waals surface area contributed by atoms with Crippen LogP contribution in [0.2, 0.25) is 0 Å². The third-order valence-corrected chi connectivity index (χ3v) is 2.89. The van der Waals surface area contributed by atoms with E-state index < -0.39 is 29.5 Å². The zero-order valence-electron chi connectivity index (χ0n) is 9.50. The first-order valence-electron chi connectivity index (χ1n) is 5.46. The Hall–Kier alpha value is -2.15. The SMILES string of the molecule is NC(=O)C1CC(O)CN1C(=O)c1cc[nH]c(=O)c1. The fraction of sp³-hybridized carbons (Fsp3) is 0.364. The molecule has 2 atom stereocenters. The van der Waals surface area contributed by atoms with E-state index in [-0.39, 0.29) is 18.5 Å². The summed E-state index contributed by atoms with van der Waals surface area (Å²) in [6.45, 7) is 0.0409. The van der Waals surface area contributed by atoms with Crippen LogP contribution in [0.1, 0.15) is 16.8 Å². The molecule has 4 N–H and O–H groups in total. The van der Waals surface area contributed by atoms with Crippen LogP contribution in [0, 0.1) is 0 Å². The van der Waals surface area contributed by atoms with Gasteiger partial charge in [-0.2, -0.15) is 0 Å². The second-order valence-electron chi connectivity index (χ2n) is 4.21. The Kier molecular flexibility index (Phi) is 3.15. The summed E-state index contributed by atoms with van der Waals surface area (Å²) in [6, 6.07) is 1.75. The molecule has 1 aliphatic rings. The highest BCUT2D eigenvalue weighted by Crippen LogP contribution is 2.19. The average molecular weight is 251 g/mol. The molecular weight excluding hydrogens is 238 g/mol. The molecule has 2 rings (SSSR count). The van der Waals surface area contributed by atoms with E-state index in [1.165, 1.54) is 17.2 Å². The van der Waals surface area contributed by atoms with Gasteiger partial charge in [-0.05, 0) is 6.07 Å². The van der Waals surface area contributed by atoms with Gasteiger partial charge in [0.2, 0.25) is 11.5 Å². The molecule has 0 saturated carbocycles. The monoisotopic (exact) mass is 251 g/mol. The quantitative estimate of drug-likeness (QED) is 0.589. The Balaban J connectivity index is 2.28. The second-order valence-corrected chi connectivity index (χ2v) is 4.21. The molecule has 1 aromatic rings. The minimum absolute atomic E-state index is 0.0409. The summed E-state index contributed by atoms with van der Waals surface area (Å²) in [5.74, 6) is -1.15. The summed E-state index contributed by atoms with van der Waals surface area (Å²) in [4.78, 5) is 38.0. The van der Waals surface area contributed by atoms with Crippen molar-refractivity contribution < 1.29 is 14.7 Å². The van der Waals surface area contributed by atoms with Crippen LogP contribution in [0.3, 0.4) is 0 Å². The first-order valence-corrected chi connectivity index (χ1v) is 5.46. The highest BCUT2D eigenvalue weighted by molar-refractivity contribution is 5.97. The second kappa shape index (κ2) is 4.61. The van der Waals surface area contributed by atoms with Crippen LogP contribution in [0.5, 0.6) is 0 Å². The van der Waals surface area contributed by atoms with Gasteiger partial charge in [0, 0.05) is 30.8 Å². The minimum atomic E-state index is -0.827. The number of likely N-dealkylation sites (tertiary alicyclic amines) is 1. The normalized spacial score (nSPS) is 23.1. The minimum Gasteiger partial charge on any atom is -0.391 e. The number of aliphatic hydroxyl groups is 1. The van der Waals surface area contributed by atoms with Crippen LogP contribution in [0.25, 0.3) is 0 Å². The zero-order valence-corrected chi connectivity index (χ0v) is 9.50. The molecule has 1 fully saturated rings. The number of amides is 2. The zero-order chi connectivity index (χ0) is 13.3. The highest BCUT2D eigenvalue weighted by Gasteiger charge is 2.38. The fourth-order valence-corrected chi connectivity index (χ4v) is 2.05. The Morgan fingerprint density at radius 3 is 2.83 bits per heavy atom. The molecule has 2 heterocycles. The third-order valence-electron chi connectivity index (χ3n) is 2.89. The van der Waals surface area contributed by atoms with E-state index in [1.807, 2.05) is 0 Å². The maximum atomic E-state index is 12.1. The number of rotatable bonds is 2. The number of aliphatic hydroxyl groups excluding tert-OH is 1. The number of hydrogen-bond donors (Lipinski definition) is 3. The molecule has 18 heavy (non-hydrogen) atoms. The van der Waals surface area contributed by atoms with Crippen LogP contribution >= 0.6 is 0 Å². The molecule has 7 heteroatoms. The van der Waals surface area contributed by atoms with Gasteiger partial charge in [0.05, 0.1) is 6.10 Å². The lowest BCUT2D eigenvalue weighted by molar-refractivity contribution is -0.121. The van der Waals surface area contributed by atoms with Crippen molar-refractivity contribution >= 4 is 11.8 Å². The third kappa shape index (κ3) is 2.25. The molecule has 96 valence electrons. The molecule has 1 aromatic heterocycles. The van der Waals surface area contributed by atoms with E-state index in [9.17, 15) is 19.5 Å². The number of pyridine rings is 1. The number of β-amino-alcohol motifs (C(OH)–C–C–N with tert-alkyl or cyclic N) is 1. The maximum absolute atomic E-state index is 12.1. The number of H-pyrrole nitrogens is 1. The van der Waals surface area contributed by atoms with E-state index in [1.54, 1.807) is 0 Å². The Labute approximate surface area is 102 Å². The maximum Gasteiger partial charge on any atom is 0.254 e. The van der Waals surface area contributed by atoms with Gasteiger partial charge >= 0.3 is 0 Å². The average Bonchev–Trinajstić information content (AvgIpc) is 2.70. The molecule has 2 amide bonds. The molecule has 7 nitrogen and oxygen atoms in total. The smallest absolute Gasteiger partial charge is 0.254 e. The predicted molar refractivity (Wildman–Crippen MR) is 61.7 cm³/mol. The van der Waals surface area contributed by atoms with Crippen LogP contribution in [0.4, 0.5) is 0 Å². The van der Waals surface area contributed by atoms with Crippen LogP contribution < -0.4 is 11.3 Å². The first kappa shape index (κ1) is 12.3. The van der Waals surface area contributed by atoms with Gasteiger partial charge < -0.3 is 20.7 Å². The van der Waals surface area contributed by atoms with Gasteiger partial charge in [-0.25, -0.2) is 0 Å². The first-order chi connectivity index (χ1) is 8.49. The van der Waals surface area contributed by atoms with Crippen molar-refractivity contribution in [3.05, 3.63) is 34.2 Å². The Bertz CT molecular complexity index is 539. The van der Waals surface area contributed by atoms with Gasteiger partial charge in [0.1, 0.15) is 6.04 Å². The van der Waals surface area contributed by atoms with Crippen molar-refractivity contribution in [2.45, 2.75) is 18.6 Å². The number of primary amides is 1. The van der Waals surface area contributed by atoms with Crippen molar-refractivity contribution in [3.8, 4) is 0 Å². The van der Waals surface area contributed by atoms with Crippen LogP contribution in [0.15, 0.2) is 23.1 Å². The van der Waals surface area contributed by atoms with Crippen molar-refractivity contribution in [2.24, 2.45) is 5.73 Å². The van der Waals surface area contributed by atoms with Crippen LogP contribution in [-0.4, -0.2) is 45.5 Å². The van der Waals surface area contributed by atoms with Gasteiger partial charge in [-0.1, -0.05) is 0 Å². The molecule has 1 aliphatic heterocycles. The summed E-state index contributed by atoms with van der Waals surface area (Å²) < 4.78 is 0. The Morgan fingerprint density at radius 1 is 1.50 bits per heavy atom. The summed E-state index contributed by atoms with van der Waals surface area (Å²) in [5.41, 5.74) is 4.94. The lowest BCUT2D eigenvalue weighted by atomic mass is 10.1. The number of nitrogens with two attached hydrogens (primary N) is 1. The molecule has 0 bridgehead atoms. The number of nitrogens with one attached hydrogen (secondary N) is 1. The highest BCUT2D eigenvalue weighted by atomic mass is 16.3. The van der Waals surface area contributed by atoms with Gasteiger partial charge in [-0.3, -0.25) is 14.4 Å². The summed E-state index contributed by atoms with van der Waals surface area (Å²) >= 11 is 0. The molecule has 0 radical (unpaired) electrons. The molecular formula is C11H13N3O4. The summed E-state index contributed by atoms with van der Waals surface area (Å²) in [7, 11) is 0. The standard InChI is InChI=1S/C11H13N3O4/c12-10(17)8-4-7(15)5-14(8)11(18)6-1-2-13-9(16)3-6/h1-3,7-8,15H,4-5H2,(H2,12,17)(H,13,16). The predicted octanol–water partition coefficient (Wildman–Crippen LogP) is -1.56. The Morgan fingerprint density at radius 2 is 2.22 bits per heavy atom. The molecule has 0 aliphatic carbocycles. The lowest BCUT2D eigenvalue weighted by Crippen LogP contribution is -2.43. The van der Waals surface area contributed by atoms with Gasteiger partial charge in [0.25, 0.3) is 5.91 Å². The molecule has 1 saturated heterocycles. The van der Waals surface area contributed by atoms with Crippen molar-refractivity contribution in [1.82, 2.24) is 9.88 Å². The van der Waals surface area contributed by atoms with E-state index in [4.69, 9.17) is 5.73 Å². The molecule has 0 aromatic carbocycles. The van der Waals surface area contributed by atoms with E-state index in [0.29, 0.717) is 0 Å². The topological polar surface area (TPSA) is 116 Å². The lowest BCUT2D eigenvalue weighted by Gasteiger charge is -2.21. The van der Waals surface area contributed by atoms with E-state index in [0.717, 1.165) is 6.07 Å². The number of carbonyl (C=O) groups is 2. The number of nitrogens with zero attached hydrogens (tertiary/aromatic N) is 1. The molecule has 0 spiro atoms. The number of aromatic amines is 1. The van der Waals surface area contributed by atoms with E-state index in [2.05, 4.69) is 4.98 Å². The van der Waals surface area contributed by atoms with Crippen molar-refractivity contribution in [3.63, 3.8) is 0 Å².